The van der Waals surface area contributed by atoms with Crippen molar-refractivity contribution in [2.24, 2.45) is 0 Å². The normalized spacial score (nSPS) is 11.8. The Kier molecular flexibility index (Phi) is 10.8. The van der Waals surface area contributed by atoms with Crippen molar-refractivity contribution in [3.8, 4) is 44.9 Å². The van der Waals surface area contributed by atoms with Gasteiger partial charge in [-0.15, -0.1) is 0 Å². The number of hydrogen-bond donors (Lipinski definition) is 0. The number of benzene rings is 7. The van der Waals surface area contributed by atoms with Gasteiger partial charge in [-0.25, -0.2) is 4.98 Å². The van der Waals surface area contributed by atoms with E-state index in [0.717, 1.165) is 50.6 Å². The van der Waals surface area contributed by atoms with Gasteiger partial charge in [0.2, 0.25) is 0 Å². The van der Waals surface area contributed by atoms with Crippen molar-refractivity contribution in [2.75, 3.05) is 0 Å². The topological polar surface area (TPSA) is 22.8 Å². The minimum absolute atomic E-state index is 0.943. The lowest BCUT2D eigenvalue weighted by Crippen LogP contribution is -2.01. The maximum Gasteiger partial charge on any atom is 0.0715 e. The minimum atomic E-state index is 0.943. The van der Waals surface area contributed by atoms with Crippen LogP contribution < -0.4 is 0 Å². The fraction of sp³-hybridized carbons (Fsp3) is 0.105. The van der Waals surface area contributed by atoms with Crippen LogP contribution in [0.15, 0.2) is 200 Å². The van der Waals surface area contributed by atoms with Crippen LogP contribution in [0, 0.1) is 0 Å². The highest BCUT2D eigenvalue weighted by atomic mass is 15.0. The second-order valence-corrected chi connectivity index (χ2v) is 15.3. The molecule has 60 heavy (non-hydrogen) atoms. The van der Waals surface area contributed by atoms with Gasteiger partial charge in [0.1, 0.15) is 0 Å². The van der Waals surface area contributed by atoms with Crippen molar-refractivity contribution in [3.63, 3.8) is 0 Å². The Bertz CT molecular complexity index is 3070. The van der Waals surface area contributed by atoms with E-state index in [0.29, 0.717) is 0 Å². The first-order valence-corrected chi connectivity index (χ1v) is 21.2. The van der Waals surface area contributed by atoms with E-state index in [2.05, 4.69) is 230 Å². The molecule has 0 unspecified atom stereocenters. The molecular weight excluding hydrogens is 727 g/mol. The zero-order valence-electron chi connectivity index (χ0n) is 34.8. The Balaban J connectivity index is 0.00000111. The Morgan fingerprint density at radius 2 is 0.967 bits per heavy atom. The predicted octanol–water partition coefficient (Wildman–Crippen LogP) is 16.1. The first kappa shape index (κ1) is 38.3. The monoisotopic (exact) mass is 775 g/mol. The number of unbranched alkanes of at least 4 members (excludes halogenated alkanes) is 1. The average molecular weight is 776 g/mol. The number of rotatable bonds is 8. The highest BCUT2D eigenvalue weighted by Gasteiger charge is 2.19. The molecule has 3 nitrogen and oxygen atoms in total. The number of para-hydroxylation sites is 4. The first-order chi connectivity index (χ1) is 29.6. The van der Waals surface area contributed by atoms with E-state index in [4.69, 9.17) is 4.98 Å². The van der Waals surface area contributed by atoms with Crippen LogP contribution in [0.5, 0.6) is 0 Å². The van der Waals surface area contributed by atoms with E-state index >= 15 is 0 Å². The molecule has 0 bridgehead atoms. The fourth-order valence-corrected chi connectivity index (χ4v) is 8.43. The number of hydrogen-bond acceptors (Lipinski definition) is 1. The van der Waals surface area contributed by atoms with E-state index in [1.54, 1.807) is 0 Å². The summed E-state index contributed by atoms with van der Waals surface area (Å²) >= 11 is 0. The largest absolute Gasteiger partial charge is 0.309 e. The molecule has 0 atom stereocenters. The lowest BCUT2D eigenvalue weighted by molar-refractivity contribution is 0.886. The standard InChI is InChI=1S/C53H39N3.C4H10/c1-3-16-36(4-2)47-33-40(37-17-6-5-7-18-37)34-48(54-47)39-29-27-38(28-30-39)46-35-41(55-49-23-12-8-19-42(49)43-20-9-13-24-50(43)55)31-32-53(46)56-51-25-14-10-21-44(51)45-22-11-15-26-52(45)56;1-3-4-2/h3-35H,1-2H3;3-4H2,1-2H3/b16-3-,36-4+;. The SMILES string of the molecule is C/C=C\C(=C/C)c1cc(-c2ccccc2)cc(-c2ccc(-c3cc(-n4c5ccccc5c5ccccc54)ccc3-n3c4ccccc4c4ccccc43)cc2)n1.CCCC. The summed E-state index contributed by atoms with van der Waals surface area (Å²) in [5.41, 5.74) is 15.7. The highest BCUT2D eigenvalue weighted by Crippen LogP contribution is 2.40. The molecule has 0 amide bonds. The Hall–Kier alpha value is -7.23. The predicted molar refractivity (Wildman–Crippen MR) is 258 cm³/mol. The number of fused-ring (bicyclic) bond motifs is 6. The summed E-state index contributed by atoms with van der Waals surface area (Å²) in [4.78, 5) is 5.23. The van der Waals surface area contributed by atoms with Gasteiger partial charge in [-0.2, -0.15) is 0 Å². The number of pyridine rings is 1. The quantitative estimate of drug-likeness (QED) is 0.141. The zero-order chi connectivity index (χ0) is 41.0. The summed E-state index contributed by atoms with van der Waals surface area (Å²) in [5, 5.41) is 4.99. The van der Waals surface area contributed by atoms with Crippen LogP contribution in [0.1, 0.15) is 46.2 Å². The smallest absolute Gasteiger partial charge is 0.0715 e. The Labute approximate surface area is 353 Å². The van der Waals surface area contributed by atoms with Crippen molar-refractivity contribution in [1.29, 1.82) is 0 Å². The van der Waals surface area contributed by atoms with Crippen molar-refractivity contribution in [2.45, 2.75) is 40.5 Å². The molecule has 0 aliphatic carbocycles. The molecule has 0 spiro atoms. The molecule has 0 N–H and O–H groups in total. The van der Waals surface area contributed by atoms with Gasteiger partial charge in [-0.1, -0.05) is 172 Å². The molecule has 292 valence electrons. The molecule has 10 aromatic rings. The third-order valence-corrected chi connectivity index (χ3v) is 11.5. The summed E-state index contributed by atoms with van der Waals surface area (Å²) in [6, 6.07) is 65.8. The molecule has 0 saturated heterocycles. The maximum absolute atomic E-state index is 5.23. The van der Waals surface area contributed by atoms with E-state index in [1.165, 1.54) is 62.0 Å². The van der Waals surface area contributed by atoms with Gasteiger partial charge in [0.05, 0.1) is 39.1 Å². The molecule has 3 heteroatoms. The van der Waals surface area contributed by atoms with Gasteiger partial charge in [-0.05, 0) is 90.7 Å². The van der Waals surface area contributed by atoms with Crippen molar-refractivity contribution in [3.05, 3.63) is 206 Å². The van der Waals surface area contributed by atoms with Crippen LogP contribution in [0.2, 0.25) is 0 Å². The van der Waals surface area contributed by atoms with Crippen molar-refractivity contribution in [1.82, 2.24) is 14.1 Å². The zero-order valence-corrected chi connectivity index (χ0v) is 34.8. The molecule has 0 fully saturated rings. The summed E-state index contributed by atoms with van der Waals surface area (Å²) in [6.45, 7) is 8.48. The number of aromatic nitrogens is 3. The first-order valence-electron chi connectivity index (χ1n) is 21.2. The molecular formula is C57H49N3. The third-order valence-electron chi connectivity index (χ3n) is 11.5. The van der Waals surface area contributed by atoms with Crippen LogP contribution >= 0.6 is 0 Å². The van der Waals surface area contributed by atoms with E-state index < -0.39 is 0 Å². The van der Waals surface area contributed by atoms with E-state index in [9.17, 15) is 0 Å². The molecule has 3 aromatic heterocycles. The second-order valence-electron chi connectivity index (χ2n) is 15.3. The van der Waals surface area contributed by atoms with Crippen LogP contribution in [-0.4, -0.2) is 14.1 Å². The highest BCUT2D eigenvalue weighted by molar-refractivity contribution is 6.11. The summed E-state index contributed by atoms with van der Waals surface area (Å²) in [5.74, 6) is 0. The number of nitrogens with zero attached hydrogens (tertiary/aromatic N) is 3. The van der Waals surface area contributed by atoms with Crippen molar-refractivity contribution >= 4 is 49.2 Å². The maximum atomic E-state index is 5.23. The summed E-state index contributed by atoms with van der Waals surface area (Å²) in [6.07, 6.45) is 8.97. The van der Waals surface area contributed by atoms with Crippen molar-refractivity contribution < 1.29 is 0 Å². The second kappa shape index (κ2) is 16.9. The van der Waals surface area contributed by atoms with Gasteiger partial charge < -0.3 is 9.13 Å². The van der Waals surface area contributed by atoms with E-state index in [-0.39, 0.29) is 0 Å². The molecule has 10 rings (SSSR count). The van der Waals surface area contributed by atoms with Crippen LogP contribution in [0.25, 0.3) is 94.1 Å². The lowest BCUT2D eigenvalue weighted by Gasteiger charge is -2.18. The number of allylic oxidation sites excluding steroid dienone is 4. The molecule has 3 heterocycles. The van der Waals surface area contributed by atoms with E-state index in [1.807, 2.05) is 6.92 Å². The molecule has 0 radical (unpaired) electrons. The average Bonchev–Trinajstić information content (AvgIpc) is 3.84. The molecule has 0 saturated carbocycles. The van der Waals surface area contributed by atoms with Gasteiger partial charge in [0, 0.05) is 38.4 Å². The third kappa shape index (κ3) is 7.03. The Morgan fingerprint density at radius 3 is 1.48 bits per heavy atom. The van der Waals surface area contributed by atoms with Gasteiger partial charge >= 0.3 is 0 Å². The van der Waals surface area contributed by atoms with Gasteiger partial charge in [-0.3, -0.25) is 0 Å². The fourth-order valence-electron chi connectivity index (χ4n) is 8.43. The van der Waals surface area contributed by atoms with Gasteiger partial charge in [0.25, 0.3) is 0 Å². The molecule has 0 aliphatic rings. The molecule has 7 aromatic carbocycles. The van der Waals surface area contributed by atoms with Crippen LogP contribution in [0.4, 0.5) is 0 Å². The van der Waals surface area contributed by atoms with Crippen LogP contribution in [0.3, 0.4) is 0 Å². The minimum Gasteiger partial charge on any atom is -0.309 e. The lowest BCUT2D eigenvalue weighted by atomic mass is 9.97. The van der Waals surface area contributed by atoms with Crippen LogP contribution in [-0.2, 0) is 0 Å². The molecule has 0 aliphatic heterocycles. The van der Waals surface area contributed by atoms with Gasteiger partial charge in [0.15, 0.2) is 0 Å². The Morgan fingerprint density at radius 1 is 0.467 bits per heavy atom. The summed E-state index contributed by atoms with van der Waals surface area (Å²) in [7, 11) is 0. The summed E-state index contributed by atoms with van der Waals surface area (Å²) < 4.78 is 4.84.